The van der Waals surface area contributed by atoms with Gasteiger partial charge in [0.15, 0.2) is 5.11 Å². The molecular formula is C13H11Cl3N2OS2. The standard InChI is InChI=1S/C13H11Cl3N2OS2/c1-13(2)10-11(19)18(12(20)17(10)5-21-13)9-7(15)3-6(14)4-8(9)16/h3-4,10H,5H2,1-2H3/t10-/m0/s1. The minimum Gasteiger partial charge on any atom is -0.326 e. The fourth-order valence-corrected chi connectivity index (χ4v) is 5.21. The largest absolute Gasteiger partial charge is 0.326 e. The van der Waals surface area contributed by atoms with Gasteiger partial charge in [-0.25, -0.2) is 0 Å². The molecule has 8 heteroatoms. The number of hydrogen-bond acceptors (Lipinski definition) is 3. The summed E-state index contributed by atoms with van der Waals surface area (Å²) in [7, 11) is 0. The SMILES string of the molecule is CC1(C)SCN2C(=S)N(c3c(Cl)cc(Cl)cc3Cl)C(=O)[C@H]21. The summed E-state index contributed by atoms with van der Waals surface area (Å²) in [4.78, 5) is 16.2. The Morgan fingerprint density at radius 3 is 2.38 bits per heavy atom. The Morgan fingerprint density at radius 1 is 1.29 bits per heavy atom. The summed E-state index contributed by atoms with van der Waals surface area (Å²) >= 11 is 25.5. The lowest BCUT2D eigenvalue weighted by atomic mass is 10.0. The van der Waals surface area contributed by atoms with Crippen LogP contribution < -0.4 is 4.90 Å². The molecule has 0 spiro atoms. The number of thiocarbonyl (C=S) groups is 1. The number of thioether (sulfide) groups is 1. The van der Waals surface area contributed by atoms with Crippen LogP contribution in [0.4, 0.5) is 5.69 Å². The van der Waals surface area contributed by atoms with Crippen molar-refractivity contribution in [2.75, 3.05) is 10.8 Å². The first kappa shape index (κ1) is 15.7. The number of amides is 1. The van der Waals surface area contributed by atoms with E-state index in [4.69, 9.17) is 47.0 Å². The van der Waals surface area contributed by atoms with Crippen molar-refractivity contribution in [3.63, 3.8) is 0 Å². The molecule has 112 valence electrons. The van der Waals surface area contributed by atoms with E-state index in [1.807, 2.05) is 18.7 Å². The summed E-state index contributed by atoms with van der Waals surface area (Å²) in [5.41, 5.74) is 0.410. The van der Waals surface area contributed by atoms with Crippen LogP contribution in [0.5, 0.6) is 0 Å². The number of halogens is 3. The summed E-state index contributed by atoms with van der Waals surface area (Å²) in [6.45, 7) is 4.08. The fraction of sp³-hybridized carbons (Fsp3) is 0.385. The van der Waals surface area contributed by atoms with Crippen LogP contribution in [-0.2, 0) is 4.79 Å². The van der Waals surface area contributed by atoms with Gasteiger partial charge in [0.25, 0.3) is 5.91 Å². The Kier molecular flexibility index (Phi) is 3.86. The number of hydrogen-bond donors (Lipinski definition) is 0. The first-order chi connectivity index (χ1) is 9.74. The maximum absolute atomic E-state index is 12.8. The molecule has 3 rings (SSSR count). The molecule has 0 N–H and O–H groups in total. The Labute approximate surface area is 147 Å². The van der Waals surface area contributed by atoms with Crippen LogP contribution in [0.2, 0.25) is 15.1 Å². The average molecular weight is 382 g/mol. The minimum absolute atomic E-state index is 0.0962. The monoisotopic (exact) mass is 380 g/mol. The first-order valence-corrected chi connectivity index (χ1v) is 8.70. The Balaban J connectivity index is 2.10. The van der Waals surface area contributed by atoms with Crippen LogP contribution in [-0.4, -0.2) is 32.6 Å². The van der Waals surface area contributed by atoms with E-state index in [0.717, 1.165) is 0 Å². The minimum atomic E-state index is -0.294. The zero-order valence-corrected chi connectivity index (χ0v) is 15.1. The van der Waals surface area contributed by atoms with Crippen molar-refractivity contribution in [1.82, 2.24) is 4.90 Å². The van der Waals surface area contributed by atoms with Crippen molar-refractivity contribution in [1.29, 1.82) is 0 Å². The number of benzene rings is 1. The van der Waals surface area contributed by atoms with Crippen LogP contribution in [0.15, 0.2) is 12.1 Å². The van der Waals surface area contributed by atoms with E-state index in [2.05, 4.69) is 0 Å². The summed E-state index contributed by atoms with van der Waals surface area (Å²) in [5, 5.41) is 1.49. The molecule has 0 aromatic heterocycles. The number of carbonyl (C=O) groups is 1. The zero-order chi connectivity index (χ0) is 15.5. The molecule has 0 saturated carbocycles. The van der Waals surface area contributed by atoms with E-state index in [-0.39, 0.29) is 16.7 Å². The van der Waals surface area contributed by atoms with E-state index in [0.29, 0.717) is 31.7 Å². The molecule has 0 unspecified atom stereocenters. The van der Waals surface area contributed by atoms with Gasteiger partial charge in [0.05, 0.1) is 21.6 Å². The van der Waals surface area contributed by atoms with Gasteiger partial charge in [0, 0.05) is 9.77 Å². The van der Waals surface area contributed by atoms with Crippen LogP contribution >= 0.6 is 58.8 Å². The van der Waals surface area contributed by atoms with Crippen molar-refractivity contribution in [2.45, 2.75) is 24.6 Å². The molecule has 2 aliphatic rings. The summed E-state index contributed by atoms with van der Waals surface area (Å²) in [6.07, 6.45) is 0. The Hall–Kier alpha value is -0.200. The quantitative estimate of drug-likeness (QED) is 0.671. The molecule has 2 heterocycles. The van der Waals surface area contributed by atoms with Crippen LogP contribution in [0.25, 0.3) is 0 Å². The van der Waals surface area contributed by atoms with E-state index in [1.165, 1.54) is 4.90 Å². The van der Waals surface area contributed by atoms with Crippen LogP contribution in [0.3, 0.4) is 0 Å². The number of anilines is 1. The van der Waals surface area contributed by atoms with Crippen molar-refractivity contribution in [3.8, 4) is 0 Å². The maximum atomic E-state index is 12.8. The van der Waals surface area contributed by atoms with Crippen molar-refractivity contribution < 1.29 is 4.79 Å². The molecule has 1 atom stereocenters. The zero-order valence-electron chi connectivity index (χ0n) is 11.2. The Bertz CT molecular complexity index is 642. The number of nitrogens with zero attached hydrogens (tertiary/aromatic N) is 2. The summed E-state index contributed by atoms with van der Waals surface area (Å²) < 4.78 is -0.207. The Morgan fingerprint density at radius 2 is 1.86 bits per heavy atom. The van der Waals surface area contributed by atoms with Gasteiger partial charge in [0.2, 0.25) is 0 Å². The second-order valence-electron chi connectivity index (χ2n) is 5.42. The van der Waals surface area contributed by atoms with Gasteiger partial charge in [0.1, 0.15) is 6.04 Å². The third-order valence-corrected chi connectivity index (χ3v) is 6.23. The predicted octanol–water partition coefficient (Wildman–Crippen LogP) is 4.43. The van der Waals surface area contributed by atoms with Crippen molar-refractivity contribution in [3.05, 3.63) is 27.2 Å². The van der Waals surface area contributed by atoms with Crippen molar-refractivity contribution >= 4 is 75.5 Å². The molecule has 1 aromatic carbocycles. The molecule has 3 nitrogen and oxygen atoms in total. The highest BCUT2D eigenvalue weighted by Gasteiger charge is 2.55. The normalized spacial score (nSPS) is 24.0. The lowest BCUT2D eigenvalue weighted by molar-refractivity contribution is -0.119. The van der Waals surface area contributed by atoms with Gasteiger partial charge >= 0.3 is 0 Å². The van der Waals surface area contributed by atoms with Gasteiger partial charge in [-0.15, -0.1) is 11.8 Å². The maximum Gasteiger partial charge on any atom is 0.257 e. The third kappa shape index (κ3) is 2.34. The van der Waals surface area contributed by atoms with E-state index < -0.39 is 0 Å². The lowest BCUT2D eigenvalue weighted by Crippen LogP contribution is -2.41. The smallest absolute Gasteiger partial charge is 0.257 e. The highest BCUT2D eigenvalue weighted by Crippen LogP contribution is 2.47. The van der Waals surface area contributed by atoms with Gasteiger partial charge in [-0.05, 0) is 38.2 Å². The molecule has 2 fully saturated rings. The molecule has 0 radical (unpaired) electrons. The highest BCUT2D eigenvalue weighted by atomic mass is 35.5. The van der Waals surface area contributed by atoms with Crippen LogP contribution in [0.1, 0.15) is 13.8 Å². The summed E-state index contributed by atoms with van der Waals surface area (Å²) in [6, 6.07) is 2.82. The molecule has 0 aliphatic carbocycles. The number of carbonyl (C=O) groups excluding carboxylic acids is 1. The molecule has 0 bridgehead atoms. The highest BCUT2D eigenvalue weighted by molar-refractivity contribution is 8.01. The van der Waals surface area contributed by atoms with Gasteiger partial charge < -0.3 is 4.90 Å². The predicted molar refractivity (Wildman–Crippen MR) is 93.7 cm³/mol. The summed E-state index contributed by atoms with van der Waals surface area (Å²) in [5.74, 6) is 0.586. The van der Waals surface area contributed by atoms with Gasteiger partial charge in [-0.3, -0.25) is 9.69 Å². The van der Waals surface area contributed by atoms with Gasteiger partial charge in [-0.2, -0.15) is 0 Å². The van der Waals surface area contributed by atoms with Crippen molar-refractivity contribution in [2.24, 2.45) is 0 Å². The van der Waals surface area contributed by atoms with E-state index in [9.17, 15) is 4.79 Å². The van der Waals surface area contributed by atoms with E-state index in [1.54, 1.807) is 23.9 Å². The third-order valence-electron chi connectivity index (χ3n) is 3.64. The molecular weight excluding hydrogens is 371 g/mol. The van der Waals surface area contributed by atoms with Gasteiger partial charge in [-0.1, -0.05) is 34.8 Å². The lowest BCUT2D eigenvalue weighted by Gasteiger charge is -2.23. The van der Waals surface area contributed by atoms with E-state index >= 15 is 0 Å². The second kappa shape index (κ2) is 5.17. The topological polar surface area (TPSA) is 23.6 Å². The van der Waals surface area contributed by atoms with Crippen LogP contribution in [0, 0.1) is 0 Å². The average Bonchev–Trinajstić information content (AvgIpc) is 2.79. The molecule has 1 aromatic rings. The number of fused-ring (bicyclic) bond motifs is 1. The second-order valence-corrected chi connectivity index (χ2v) is 8.64. The molecule has 1 amide bonds. The molecule has 2 saturated heterocycles. The first-order valence-electron chi connectivity index (χ1n) is 6.17. The molecule has 2 aliphatic heterocycles. The fourth-order valence-electron chi connectivity index (χ4n) is 2.66. The molecule has 21 heavy (non-hydrogen) atoms. The number of rotatable bonds is 1.